The lowest BCUT2D eigenvalue weighted by Crippen LogP contribution is -2.60. The zero-order chi connectivity index (χ0) is 42.0. The summed E-state index contributed by atoms with van der Waals surface area (Å²) in [5.74, 6) is 1.49. The molecule has 11 atom stereocenters. The molecule has 0 spiro atoms. The molecule has 4 bridgehead atoms. The molecule has 17 heteroatoms. The number of aryl methyl sites for hydroxylation is 1. The largest absolute Gasteiger partial charge is 0.496 e. The second-order valence-corrected chi connectivity index (χ2v) is 21.4. The van der Waals surface area contributed by atoms with E-state index in [0.29, 0.717) is 44.1 Å². The van der Waals surface area contributed by atoms with Crippen LogP contribution in [-0.4, -0.2) is 104 Å². The lowest BCUT2D eigenvalue weighted by atomic mass is 9.60. The third-order valence-electron chi connectivity index (χ3n) is 12.9. The van der Waals surface area contributed by atoms with Crippen LogP contribution in [0.4, 0.5) is 0 Å². The molecule has 3 aromatic rings. The van der Waals surface area contributed by atoms with Crippen LogP contribution in [0.2, 0.25) is 0 Å². The Morgan fingerprint density at radius 3 is 2.57 bits per heavy atom. The van der Waals surface area contributed by atoms with Crippen molar-refractivity contribution in [1.29, 1.82) is 0 Å². The van der Waals surface area contributed by atoms with Crippen molar-refractivity contribution in [2.24, 2.45) is 23.2 Å². The molecular formula is C43H55Cl3N4O8S2. The molecule has 1 aromatic heterocycles. The predicted octanol–water partition coefficient (Wildman–Crippen LogP) is 7.47. The van der Waals surface area contributed by atoms with Crippen molar-refractivity contribution in [3.8, 4) is 17.1 Å². The van der Waals surface area contributed by atoms with Crippen molar-refractivity contribution in [3.63, 3.8) is 0 Å². The monoisotopic (exact) mass is 924 g/mol. The van der Waals surface area contributed by atoms with Crippen LogP contribution in [0.5, 0.6) is 5.75 Å². The summed E-state index contributed by atoms with van der Waals surface area (Å²) in [5.41, 5.74) is 1.88. The minimum absolute atomic E-state index is 0.00424. The Labute approximate surface area is 373 Å². The number of alkyl halides is 3. The molecule has 9 rings (SSSR count). The first kappa shape index (κ1) is 44.8. The smallest absolute Gasteiger partial charge is 0.297 e. The van der Waals surface area contributed by atoms with Crippen LogP contribution >= 0.6 is 46.8 Å². The van der Waals surface area contributed by atoms with Gasteiger partial charge in [0, 0.05) is 36.4 Å². The maximum atomic E-state index is 13.4. The number of hydrogen-bond donors (Lipinski definition) is 2. The average molecular weight is 926 g/mol. The van der Waals surface area contributed by atoms with Crippen molar-refractivity contribution in [2.45, 2.75) is 116 Å². The van der Waals surface area contributed by atoms with Crippen LogP contribution in [0.3, 0.4) is 0 Å². The first-order valence-corrected chi connectivity index (χ1v) is 24.5. The molecule has 6 aliphatic rings. The molecule has 12 nitrogen and oxygen atoms in total. The van der Waals surface area contributed by atoms with Crippen LogP contribution in [0.15, 0.2) is 65.7 Å². The van der Waals surface area contributed by atoms with Gasteiger partial charge in [0.25, 0.3) is 10.1 Å². The van der Waals surface area contributed by atoms with Crippen molar-refractivity contribution in [1.82, 2.24) is 20.0 Å². The number of ether oxygens (including phenoxy) is 5. The van der Waals surface area contributed by atoms with E-state index < -0.39 is 33.1 Å². The SMILES string of the molecule is COc1ccccc1-c1nccc(COC2CCC3CC2CCOC2NSC4CNC(Cl)C(C24)C2(C)CC(Cl)C(O[C@H](COS(=O)(=O)c4ccc(C)cc4)CO3)C(Cl)C2)n1. The van der Waals surface area contributed by atoms with E-state index in [-0.39, 0.29) is 70.5 Å². The maximum Gasteiger partial charge on any atom is 0.297 e. The predicted molar refractivity (Wildman–Crippen MR) is 233 cm³/mol. The number of nitrogens with zero attached hydrogens (tertiary/aromatic N) is 2. The fourth-order valence-electron chi connectivity index (χ4n) is 9.87. The van der Waals surface area contributed by atoms with Crippen molar-refractivity contribution in [2.75, 3.05) is 33.5 Å². The Kier molecular flexibility index (Phi) is 14.6. The molecule has 0 radical (unpaired) electrons. The van der Waals surface area contributed by atoms with Gasteiger partial charge in [-0.1, -0.05) is 48.7 Å². The first-order valence-electron chi connectivity index (χ1n) is 20.9. The average Bonchev–Trinajstić information content (AvgIpc) is 3.64. The van der Waals surface area contributed by atoms with E-state index in [1.807, 2.05) is 37.3 Å². The standard InChI is InChI=1S/C43H55Cl3N4O8S2/c1-25-8-11-30(12-9-25)60(51,52)57-24-29-23-55-28-10-13-34(56-22-27-14-16-47-41(49-27)31-6-4-5-7-35(31)53-3)26(18-28)15-17-54-42-37-36(59-50-42)21-48-40(46)38(37)43(2)19-32(44)39(58-29)33(45)20-43/h4-9,11-12,14,16,26,28-29,32-34,36-40,42,48,50H,10,13,15,17-24H2,1-3H3/t26?,28?,29-,32?,33?,34?,36?,37?,38?,39?,40?,42?,43?/m0/s1. The van der Waals surface area contributed by atoms with Crippen LogP contribution in [0, 0.1) is 30.1 Å². The number of halogens is 3. The van der Waals surface area contributed by atoms with Gasteiger partial charge in [-0.2, -0.15) is 8.42 Å². The van der Waals surface area contributed by atoms with E-state index in [4.69, 9.17) is 67.7 Å². The number of rotatable bonds is 9. The minimum atomic E-state index is -4.08. The molecule has 60 heavy (non-hydrogen) atoms. The summed E-state index contributed by atoms with van der Waals surface area (Å²) >= 11 is 23.4. The Bertz CT molecular complexity index is 2010. The molecule has 4 saturated heterocycles. The normalized spacial score (nSPS) is 36.3. The Morgan fingerprint density at radius 1 is 1.00 bits per heavy atom. The van der Waals surface area contributed by atoms with Gasteiger partial charge in [0.1, 0.15) is 18.1 Å². The fraction of sp³-hybridized carbons (Fsp3) is 0.628. The topological polar surface area (TPSA) is 139 Å². The second kappa shape index (κ2) is 19.5. The highest BCUT2D eigenvalue weighted by molar-refractivity contribution is 7.98. The summed E-state index contributed by atoms with van der Waals surface area (Å²) in [6.45, 7) is 5.56. The summed E-state index contributed by atoms with van der Waals surface area (Å²) in [6.07, 6.45) is 4.15. The van der Waals surface area contributed by atoms with Gasteiger partial charge in [-0.15, -0.1) is 34.8 Å². The summed E-state index contributed by atoms with van der Waals surface area (Å²) < 4.78 is 68.3. The van der Waals surface area contributed by atoms with E-state index in [0.717, 1.165) is 42.6 Å². The molecule has 0 amide bonds. The first-order chi connectivity index (χ1) is 28.9. The van der Waals surface area contributed by atoms with Gasteiger partial charge in [0.05, 0.1) is 77.7 Å². The van der Waals surface area contributed by atoms with E-state index in [1.54, 1.807) is 49.5 Å². The molecular weight excluding hydrogens is 871 g/mol. The van der Waals surface area contributed by atoms with Gasteiger partial charge in [0.2, 0.25) is 0 Å². The molecule has 10 unspecified atom stereocenters. The van der Waals surface area contributed by atoms with Gasteiger partial charge in [-0.25, -0.2) is 14.7 Å². The summed E-state index contributed by atoms with van der Waals surface area (Å²) in [7, 11) is -2.44. The van der Waals surface area contributed by atoms with Crippen molar-refractivity contribution < 1.29 is 36.3 Å². The third kappa shape index (κ3) is 10.1. The van der Waals surface area contributed by atoms with E-state index in [2.05, 4.69) is 21.9 Å². The quantitative estimate of drug-likeness (QED) is 0.0951. The number of aromatic nitrogens is 2. The lowest BCUT2D eigenvalue weighted by molar-refractivity contribution is -0.123. The van der Waals surface area contributed by atoms with Crippen molar-refractivity contribution >= 4 is 56.9 Å². The summed E-state index contributed by atoms with van der Waals surface area (Å²) in [6, 6.07) is 16.1. The molecule has 2 aromatic carbocycles. The van der Waals surface area contributed by atoms with E-state index in [9.17, 15) is 8.42 Å². The Balaban J connectivity index is 1.03. The number of nitrogens with one attached hydrogen (secondary N) is 2. The van der Waals surface area contributed by atoms with E-state index in [1.165, 1.54) is 0 Å². The number of piperidine rings is 1. The molecule has 4 aliphatic heterocycles. The van der Waals surface area contributed by atoms with E-state index >= 15 is 0 Å². The van der Waals surface area contributed by atoms with Crippen LogP contribution in [-0.2, 0) is 39.9 Å². The third-order valence-corrected chi connectivity index (χ3v) is 16.6. The van der Waals surface area contributed by atoms with Gasteiger partial charge in [-0.3, -0.25) is 9.50 Å². The van der Waals surface area contributed by atoms with Gasteiger partial charge in [0.15, 0.2) is 5.82 Å². The van der Waals surface area contributed by atoms with Gasteiger partial charge < -0.3 is 23.7 Å². The molecule has 5 heterocycles. The molecule has 2 N–H and O–H groups in total. The van der Waals surface area contributed by atoms with Gasteiger partial charge in [-0.05, 0) is 87.1 Å². The van der Waals surface area contributed by atoms with Crippen LogP contribution in [0.1, 0.15) is 56.7 Å². The molecule has 328 valence electrons. The molecule has 6 fully saturated rings. The summed E-state index contributed by atoms with van der Waals surface area (Å²) in [4.78, 5) is 9.43. The zero-order valence-electron chi connectivity index (χ0n) is 34.1. The molecule has 2 saturated carbocycles. The number of hydrogen-bond acceptors (Lipinski definition) is 13. The maximum absolute atomic E-state index is 13.4. The summed E-state index contributed by atoms with van der Waals surface area (Å²) in [5, 5.41) is 2.86. The highest BCUT2D eigenvalue weighted by atomic mass is 35.5. The van der Waals surface area contributed by atoms with Gasteiger partial charge >= 0.3 is 0 Å². The number of benzene rings is 2. The van der Waals surface area contributed by atoms with Crippen LogP contribution in [0.25, 0.3) is 11.4 Å². The lowest BCUT2D eigenvalue weighted by Gasteiger charge is -2.53. The Morgan fingerprint density at radius 2 is 1.78 bits per heavy atom. The van der Waals surface area contributed by atoms with Crippen molar-refractivity contribution in [3.05, 3.63) is 72.1 Å². The fourth-order valence-corrected chi connectivity index (χ4v) is 13.8. The minimum Gasteiger partial charge on any atom is -0.496 e. The number of methoxy groups -OCH3 is 1. The zero-order valence-corrected chi connectivity index (χ0v) is 38.0. The Hall–Kier alpha value is -1.79. The van der Waals surface area contributed by atoms with Crippen LogP contribution < -0.4 is 14.8 Å². The molecule has 2 aliphatic carbocycles. The number of para-hydroxylation sites is 1. The highest BCUT2D eigenvalue weighted by Gasteiger charge is 2.58. The second-order valence-electron chi connectivity index (χ2n) is 17.1. The highest BCUT2D eigenvalue weighted by Crippen LogP contribution is 2.55. The number of fused-ring (bicyclic) bond motifs is 7.